The minimum Gasteiger partial charge on any atom is -0.356 e. The van der Waals surface area contributed by atoms with Gasteiger partial charge in [0.15, 0.2) is 0 Å². The molecule has 0 aliphatic carbocycles. The van der Waals surface area contributed by atoms with E-state index < -0.39 is 50.1 Å². The number of benzene rings is 2. The molecule has 0 saturated carbocycles. The number of halogens is 12. The van der Waals surface area contributed by atoms with Gasteiger partial charge < -0.3 is 9.47 Å². The summed E-state index contributed by atoms with van der Waals surface area (Å²) in [5.74, 6) is 0. The second kappa shape index (κ2) is 10.0. The molecule has 0 atom stereocenters. The van der Waals surface area contributed by atoms with Crippen LogP contribution in [-0.2, 0) is 22.7 Å². The summed E-state index contributed by atoms with van der Waals surface area (Å²) in [6.07, 6.45) is -30.5. The van der Waals surface area contributed by atoms with Gasteiger partial charge in [0.05, 0.1) is 13.2 Å². The molecule has 0 aliphatic rings. The van der Waals surface area contributed by atoms with Crippen LogP contribution in [-0.4, -0.2) is 36.9 Å². The van der Waals surface area contributed by atoms with Crippen LogP contribution in [0.2, 0.25) is 0 Å². The Morgan fingerprint density at radius 2 is 0.676 bits per heavy atom. The van der Waals surface area contributed by atoms with Gasteiger partial charge in [-0.15, -0.1) is 0 Å². The quantitative estimate of drug-likeness (QED) is 0.359. The van der Waals surface area contributed by atoms with E-state index in [1.165, 1.54) is 48.5 Å². The Bertz CT molecular complexity index is 804. The summed E-state index contributed by atoms with van der Waals surface area (Å²) in [7, 11) is 0. The maximum atomic E-state index is 12.5. The Morgan fingerprint density at radius 3 is 0.882 bits per heavy atom. The maximum absolute atomic E-state index is 12.5. The highest BCUT2D eigenvalue weighted by molar-refractivity contribution is 5.63. The molecular weight excluding hydrogens is 500 g/mol. The van der Waals surface area contributed by atoms with Crippen molar-refractivity contribution < 1.29 is 62.2 Å². The van der Waals surface area contributed by atoms with Crippen molar-refractivity contribution in [2.75, 3.05) is 0 Å². The topological polar surface area (TPSA) is 18.5 Å². The molecule has 0 bridgehead atoms. The second-order valence-corrected chi connectivity index (χ2v) is 6.94. The first-order chi connectivity index (χ1) is 15.4. The number of ether oxygens (including phenoxy) is 2. The van der Waals surface area contributed by atoms with E-state index in [-0.39, 0.29) is 11.1 Å². The van der Waals surface area contributed by atoms with E-state index >= 15 is 0 Å². The van der Waals surface area contributed by atoms with Crippen LogP contribution in [0.4, 0.5) is 52.7 Å². The fourth-order valence-corrected chi connectivity index (χ4v) is 2.70. The molecule has 2 aromatic carbocycles. The van der Waals surface area contributed by atoms with Crippen LogP contribution in [0.5, 0.6) is 0 Å². The Balaban J connectivity index is 2.03. The molecule has 34 heavy (non-hydrogen) atoms. The molecule has 0 radical (unpaired) electrons. The van der Waals surface area contributed by atoms with E-state index in [9.17, 15) is 52.7 Å². The molecule has 0 saturated heterocycles. The lowest BCUT2D eigenvalue weighted by atomic mass is 10.0. The zero-order chi connectivity index (χ0) is 25.9. The summed E-state index contributed by atoms with van der Waals surface area (Å²) in [5.41, 5.74) is 0.834. The molecular formula is C20H14F12O2. The minimum atomic E-state index is -5.65. The zero-order valence-corrected chi connectivity index (χ0v) is 16.5. The third kappa shape index (κ3) is 7.79. The van der Waals surface area contributed by atoms with Gasteiger partial charge in [-0.25, -0.2) is 0 Å². The van der Waals surface area contributed by atoms with Crippen molar-refractivity contribution in [2.24, 2.45) is 0 Å². The molecule has 0 aliphatic heterocycles. The van der Waals surface area contributed by atoms with Crippen LogP contribution in [0.3, 0.4) is 0 Å². The summed E-state index contributed by atoms with van der Waals surface area (Å²) < 4.78 is 158. The Hall–Kier alpha value is -2.48. The van der Waals surface area contributed by atoms with Crippen molar-refractivity contribution >= 4 is 0 Å². The van der Waals surface area contributed by atoms with Crippen LogP contribution >= 0.6 is 0 Å². The predicted molar refractivity (Wildman–Crippen MR) is 93.3 cm³/mol. The number of rotatable bonds is 7. The fraction of sp³-hybridized carbons (Fsp3) is 0.400. The van der Waals surface area contributed by atoms with E-state index in [0.717, 1.165) is 0 Å². The van der Waals surface area contributed by atoms with Crippen molar-refractivity contribution in [3.05, 3.63) is 59.7 Å². The molecule has 2 nitrogen and oxygen atoms in total. The van der Waals surface area contributed by atoms with Gasteiger partial charge in [0.1, 0.15) is 0 Å². The van der Waals surface area contributed by atoms with Gasteiger partial charge in [-0.05, 0) is 22.3 Å². The summed E-state index contributed by atoms with van der Waals surface area (Å²) in [6.45, 7) is -1.97. The van der Waals surface area contributed by atoms with Crippen LogP contribution < -0.4 is 0 Å². The maximum Gasteiger partial charge on any atom is 0.423 e. The summed E-state index contributed by atoms with van der Waals surface area (Å²) >= 11 is 0. The second-order valence-electron chi connectivity index (χ2n) is 6.94. The first kappa shape index (κ1) is 27.8. The van der Waals surface area contributed by atoms with Crippen molar-refractivity contribution in [1.82, 2.24) is 0 Å². The highest BCUT2D eigenvalue weighted by Gasteiger charge is 2.58. The van der Waals surface area contributed by atoms with Gasteiger partial charge in [0, 0.05) is 0 Å². The number of alkyl halides is 12. The zero-order valence-electron chi connectivity index (χ0n) is 16.5. The molecule has 2 rings (SSSR count). The number of hydrogen-bond acceptors (Lipinski definition) is 2. The van der Waals surface area contributed by atoms with Crippen molar-refractivity contribution in [2.45, 2.75) is 50.1 Å². The highest BCUT2D eigenvalue weighted by Crippen LogP contribution is 2.37. The van der Waals surface area contributed by atoms with E-state index in [4.69, 9.17) is 0 Å². The third-order valence-electron chi connectivity index (χ3n) is 4.26. The van der Waals surface area contributed by atoms with Crippen LogP contribution in [0.1, 0.15) is 11.1 Å². The number of hydrogen-bond donors (Lipinski definition) is 0. The van der Waals surface area contributed by atoms with Crippen molar-refractivity contribution in [1.29, 1.82) is 0 Å². The third-order valence-corrected chi connectivity index (χ3v) is 4.26. The molecule has 0 heterocycles. The van der Waals surface area contributed by atoms with E-state index in [0.29, 0.717) is 11.1 Å². The molecule has 0 spiro atoms. The van der Waals surface area contributed by atoms with E-state index in [1.54, 1.807) is 0 Å². The molecule has 2 aromatic rings. The lowest BCUT2D eigenvalue weighted by molar-refractivity contribution is -0.325. The first-order valence-electron chi connectivity index (χ1n) is 9.07. The molecule has 0 fully saturated rings. The Kier molecular flexibility index (Phi) is 8.18. The van der Waals surface area contributed by atoms with Gasteiger partial charge in [-0.1, -0.05) is 48.5 Å². The summed E-state index contributed by atoms with van der Waals surface area (Å²) in [4.78, 5) is 0. The van der Waals surface area contributed by atoms with Crippen molar-refractivity contribution in [3.63, 3.8) is 0 Å². The molecule has 190 valence electrons. The molecule has 0 aromatic heterocycles. The van der Waals surface area contributed by atoms with Crippen LogP contribution in [0.25, 0.3) is 11.1 Å². The highest BCUT2D eigenvalue weighted by atomic mass is 19.4. The summed E-state index contributed by atoms with van der Waals surface area (Å²) in [5, 5.41) is 0. The lowest BCUT2D eigenvalue weighted by Gasteiger charge is -2.23. The van der Waals surface area contributed by atoms with Crippen LogP contribution in [0, 0.1) is 0 Å². The molecule has 14 heteroatoms. The Labute approximate surface area is 184 Å². The average molecular weight is 514 g/mol. The van der Waals surface area contributed by atoms with Gasteiger partial charge in [0.2, 0.25) is 12.2 Å². The Morgan fingerprint density at radius 1 is 0.441 bits per heavy atom. The van der Waals surface area contributed by atoms with Gasteiger partial charge in [-0.2, -0.15) is 52.7 Å². The van der Waals surface area contributed by atoms with Gasteiger partial charge in [-0.3, -0.25) is 0 Å². The van der Waals surface area contributed by atoms with Crippen molar-refractivity contribution in [3.8, 4) is 11.1 Å². The SMILES string of the molecule is FC(F)(F)C(OCc1ccc(-c2ccc(COC(C(F)(F)F)C(F)(F)F)cc2)cc1)C(F)(F)F. The molecule has 0 amide bonds. The van der Waals surface area contributed by atoms with Gasteiger partial charge >= 0.3 is 24.7 Å². The monoisotopic (exact) mass is 514 g/mol. The van der Waals surface area contributed by atoms with E-state index in [2.05, 4.69) is 9.47 Å². The minimum absolute atomic E-state index is 0.00221. The largest absolute Gasteiger partial charge is 0.423 e. The predicted octanol–water partition coefficient (Wildman–Crippen LogP) is 7.37. The van der Waals surface area contributed by atoms with Crippen LogP contribution in [0.15, 0.2) is 48.5 Å². The summed E-state index contributed by atoms with van der Waals surface area (Å²) in [6, 6.07) is 10.2. The lowest BCUT2D eigenvalue weighted by Crippen LogP contribution is -2.44. The molecule has 0 N–H and O–H groups in total. The smallest absolute Gasteiger partial charge is 0.356 e. The van der Waals surface area contributed by atoms with E-state index in [1.807, 2.05) is 0 Å². The normalized spacial score (nSPS) is 13.7. The fourth-order valence-electron chi connectivity index (χ4n) is 2.70. The first-order valence-corrected chi connectivity index (χ1v) is 9.07. The standard InChI is InChI=1S/C20H14F12O2/c21-17(22,23)15(18(24,25)26)33-9-11-1-5-13(6-2-11)14-7-3-12(4-8-14)10-34-16(19(27,28)29)20(30,31)32/h1-8,15-16H,9-10H2. The average Bonchev–Trinajstić information content (AvgIpc) is 2.65. The molecule has 0 unspecified atom stereocenters. The van der Waals surface area contributed by atoms with Gasteiger partial charge in [0.25, 0.3) is 0 Å².